The molecule has 5 rings (SSSR count). The number of carbonyl (C=O) groups is 2. The van der Waals surface area contributed by atoms with Crippen LogP contribution in [-0.4, -0.2) is 31.7 Å². The third-order valence-electron chi connectivity index (χ3n) is 6.27. The van der Waals surface area contributed by atoms with Gasteiger partial charge in [-0.15, -0.1) is 0 Å². The van der Waals surface area contributed by atoms with E-state index in [2.05, 4.69) is 0 Å². The number of amides is 1. The van der Waals surface area contributed by atoms with Crippen molar-refractivity contribution in [2.45, 2.75) is 22.6 Å². The van der Waals surface area contributed by atoms with E-state index in [0.717, 1.165) is 23.4 Å². The van der Waals surface area contributed by atoms with Gasteiger partial charge in [0.15, 0.2) is 9.84 Å². The van der Waals surface area contributed by atoms with Gasteiger partial charge in [0.2, 0.25) is 5.91 Å². The van der Waals surface area contributed by atoms with E-state index >= 15 is 0 Å². The fraction of sp³-hybridized carbons (Fsp3) is 0.167. The van der Waals surface area contributed by atoms with Gasteiger partial charge in [-0.05, 0) is 53.9 Å². The molecule has 1 amide bonds. The number of para-hydroxylation sites is 1. The minimum atomic E-state index is -3.69. The van der Waals surface area contributed by atoms with E-state index in [-0.39, 0.29) is 28.0 Å². The van der Waals surface area contributed by atoms with Crippen LogP contribution in [0.25, 0.3) is 0 Å². The third kappa shape index (κ3) is 3.04. The first kappa shape index (κ1) is 20.7. The Kier molecular flexibility index (Phi) is 4.48. The zero-order chi connectivity index (χ0) is 22.8. The van der Waals surface area contributed by atoms with Gasteiger partial charge in [-0.25, -0.2) is 13.2 Å². The Morgan fingerprint density at radius 2 is 1.78 bits per heavy atom. The lowest BCUT2D eigenvalue weighted by Gasteiger charge is -2.20. The number of carboxylic acids is 1. The molecular formula is C24H18ClNO5S. The normalized spacial score (nSPS) is 21.6. The zero-order valence-corrected chi connectivity index (χ0v) is 18.5. The molecule has 8 heteroatoms. The highest BCUT2D eigenvalue weighted by molar-refractivity contribution is 7.90. The van der Waals surface area contributed by atoms with Crippen LogP contribution >= 0.6 is 11.6 Å². The van der Waals surface area contributed by atoms with Gasteiger partial charge in [-0.2, -0.15) is 0 Å². The highest BCUT2D eigenvalue weighted by atomic mass is 35.5. The summed E-state index contributed by atoms with van der Waals surface area (Å²) in [5.41, 5.74) is 1.74. The topological polar surface area (TPSA) is 91.8 Å². The van der Waals surface area contributed by atoms with Gasteiger partial charge in [0.05, 0.1) is 27.2 Å². The number of carboxylic acid groups (broad SMARTS) is 1. The second-order valence-corrected chi connectivity index (χ2v) is 10.7. The second kappa shape index (κ2) is 6.92. The highest BCUT2D eigenvalue weighted by Crippen LogP contribution is 2.67. The number of anilines is 2. The van der Waals surface area contributed by atoms with E-state index in [0.29, 0.717) is 17.1 Å². The van der Waals surface area contributed by atoms with Crippen LogP contribution in [0.15, 0.2) is 71.6 Å². The largest absolute Gasteiger partial charge is 0.478 e. The molecule has 1 heterocycles. The molecule has 0 saturated heterocycles. The summed E-state index contributed by atoms with van der Waals surface area (Å²) in [6.07, 6.45) is 1.62. The van der Waals surface area contributed by atoms with Crippen LogP contribution in [0.1, 0.15) is 33.8 Å². The number of hydrogen-bond donors (Lipinski definition) is 1. The Morgan fingerprint density at radius 3 is 2.44 bits per heavy atom. The SMILES string of the molecule is CS(=O)(=O)c1cc(C(=O)O)cc(N2C(=O)[C@@]3(C[C@@H]3c3ccc(Cl)cc3)c3ccccc32)c1. The number of rotatable bonds is 4. The lowest BCUT2D eigenvalue weighted by atomic mass is 9.92. The Bertz CT molecular complexity index is 1400. The average molecular weight is 468 g/mol. The van der Waals surface area contributed by atoms with Crippen molar-refractivity contribution in [3.05, 3.63) is 88.4 Å². The van der Waals surface area contributed by atoms with Crippen LogP contribution in [-0.2, 0) is 20.0 Å². The van der Waals surface area contributed by atoms with Gasteiger partial charge in [-0.3, -0.25) is 9.69 Å². The summed E-state index contributed by atoms with van der Waals surface area (Å²) < 4.78 is 24.4. The number of halogens is 1. The molecule has 1 spiro atoms. The van der Waals surface area contributed by atoms with Gasteiger partial charge in [0.25, 0.3) is 0 Å². The summed E-state index contributed by atoms with van der Waals surface area (Å²) in [7, 11) is -3.69. The van der Waals surface area contributed by atoms with Crippen LogP contribution in [0.5, 0.6) is 0 Å². The van der Waals surface area contributed by atoms with Gasteiger partial charge in [0, 0.05) is 17.2 Å². The van der Waals surface area contributed by atoms with Crippen LogP contribution in [0.4, 0.5) is 11.4 Å². The fourth-order valence-corrected chi connectivity index (χ4v) is 5.47. The van der Waals surface area contributed by atoms with E-state index in [1.807, 2.05) is 24.3 Å². The molecule has 3 aromatic carbocycles. The lowest BCUT2D eigenvalue weighted by molar-refractivity contribution is -0.119. The maximum absolute atomic E-state index is 13.8. The summed E-state index contributed by atoms with van der Waals surface area (Å²) in [5, 5.41) is 10.1. The maximum Gasteiger partial charge on any atom is 0.335 e. The molecule has 0 bridgehead atoms. The number of hydrogen-bond acceptors (Lipinski definition) is 4. The fourth-order valence-electron chi connectivity index (χ4n) is 4.67. The first-order valence-electron chi connectivity index (χ1n) is 9.91. The molecule has 1 aliphatic carbocycles. The monoisotopic (exact) mass is 467 g/mol. The van der Waals surface area contributed by atoms with Crippen molar-refractivity contribution in [3.8, 4) is 0 Å². The predicted octanol–water partition coefficient (Wildman–Crippen LogP) is 4.55. The van der Waals surface area contributed by atoms with E-state index in [1.54, 1.807) is 24.3 Å². The second-order valence-electron chi connectivity index (χ2n) is 8.23. The highest BCUT2D eigenvalue weighted by Gasteiger charge is 2.67. The van der Waals surface area contributed by atoms with E-state index in [9.17, 15) is 23.1 Å². The molecule has 0 radical (unpaired) electrons. The molecule has 1 N–H and O–H groups in total. The molecule has 32 heavy (non-hydrogen) atoms. The average Bonchev–Trinajstić information content (AvgIpc) is 3.45. The van der Waals surface area contributed by atoms with Crippen LogP contribution in [0, 0.1) is 0 Å². The molecule has 3 aromatic rings. The summed E-state index contributed by atoms with van der Waals surface area (Å²) in [6.45, 7) is 0. The molecule has 162 valence electrons. The number of sulfone groups is 1. The first-order chi connectivity index (χ1) is 15.1. The zero-order valence-electron chi connectivity index (χ0n) is 16.9. The first-order valence-corrected chi connectivity index (χ1v) is 12.2. The van der Waals surface area contributed by atoms with Crippen molar-refractivity contribution < 1.29 is 23.1 Å². The summed E-state index contributed by atoms with van der Waals surface area (Å²) in [4.78, 5) is 26.8. The van der Waals surface area contributed by atoms with E-state index in [4.69, 9.17) is 11.6 Å². The number of carbonyl (C=O) groups excluding carboxylic acids is 1. The Hall–Kier alpha value is -3.16. The standard InChI is InChI=1S/C24H18ClNO5S/c1-32(30,31)18-11-15(22(27)28)10-17(12-18)26-21-5-3-2-4-19(21)24(23(26)29)13-20(24)14-6-8-16(25)9-7-14/h2-12,20H,13H2,1H3,(H,27,28)/t20-,24+/m1/s1. The lowest BCUT2D eigenvalue weighted by Crippen LogP contribution is -2.29. The van der Waals surface area contributed by atoms with Crippen molar-refractivity contribution in [1.82, 2.24) is 0 Å². The summed E-state index contributed by atoms with van der Waals surface area (Å²) in [5.74, 6) is -1.51. The van der Waals surface area contributed by atoms with Crippen molar-refractivity contribution in [1.29, 1.82) is 0 Å². The summed E-state index contributed by atoms with van der Waals surface area (Å²) in [6, 6.07) is 18.6. The predicted molar refractivity (Wildman–Crippen MR) is 121 cm³/mol. The van der Waals surface area contributed by atoms with Gasteiger partial charge < -0.3 is 5.11 Å². The van der Waals surface area contributed by atoms with Crippen LogP contribution in [0.2, 0.25) is 5.02 Å². The third-order valence-corrected chi connectivity index (χ3v) is 7.61. The molecule has 2 aliphatic rings. The Balaban J connectivity index is 1.66. The molecule has 0 aromatic heterocycles. The minimum absolute atomic E-state index is 0.0459. The molecule has 0 unspecified atom stereocenters. The number of nitrogens with zero attached hydrogens (tertiary/aromatic N) is 1. The molecule has 6 nitrogen and oxygen atoms in total. The van der Waals surface area contributed by atoms with Crippen LogP contribution in [0.3, 0.4) is 0 Å². The Labute approximate surface area is 190 Å². The van der Waals surface area contributed by atoms with Crippen molar-refractivity contribution in [2.24, 2.45) is 0 Å². The quantitative estimate of drug-likeness (QED) is 0.608. The van der Waals surface area contributed by atoms with Crippen LogP contribution < -0.4 is 4.90 Å². The Morgan fingerprint density at radius 1 is 1.09 bits per heavy atom. The minimum Gasteiger partial charge on any atom is -0.478 e. The smallest absolute Gasteiger partial charge is 0.335 e. The van der Waals surface area contributed by atoms with Gasteiger partial charge in [-0.1, -0.05) is 41.9 Å². The van der Waals surface area contributed by atoms with E-state index in [1.165, 1.54) is 17.0 Å². The molecule has 2 atom stereocenters. The van der Waals surface area contributed by atoms with E-state index < -0.39 is 21.2 Å². The molecule has 1 fully saturated rings. The molecule has 1 saturated carbocycles. The number of aromatic carboxylic acids is 1. The van der Waals surface area contributed by atoms with Crippen molar-refractivity contribution in [3.63, 3.8) is 0 Å². The van der Waals surface area contributed by atoms with Gasteiger partial charge in [0.1, 0.15) is 0 Å². The van der Waals surface area contributed by atoms with Crippen molar-refractivity contribution in [2.75, 3.05) is 11.2 Å². The van der Waals surface area contributed by atoms with Crippen molar-refractivity contribution >= 4 is 44.7 Å². The number of fused-ring (bicyclic) bond motifs is 2. The maximum atomic E-state index is 13.8. The number of benzene rings is 3. The molecular weight excluding hydrogens is 450 g/mol. The van der Waals surface area contributed by atoms with Gasteiger partial charge >= 0.3 is 5.97 Å². The molecule has 1 aliphatic heterocycles. The summed E-state index contributed by atoms with van der Waals surface area (Å²) >= 11 is 6.02.